The van der Waals surface area contributed by atoms with E-state index in [9.17, 15) is 0 Å². The third kappa shape index (κ3) is 1.77. The Bertz CT molecular complexity index is 417. The van der Waals surface area contributed by atoms with Crippen LogP contribution in [0.3, 0.4) is 0 Å². The van der Waals surface area contributed by atoms with Crippen LogP contribution in [0.5, 0.6) is 0 Å². The summed E-state index contributed by atoms with van der Waals surface area (Å²) in [6.45, 7) is 2.15. The summed E-state index contributed by atoms with van der Waals surface area (Å²) in [6, 6.07) is 8.45. The summed E-state index contributed by atoms with van der Waals surface area (Å²) >= 11 is 1.58. The van der Waals surface area contributed by atoms with Crippen molar-refractivity contribution < 1.29 is 0 Å². The van der Waals surface area contributed by atoms with Crippen LogP contribution in [0.15, 0.2) is 29.6 Å². The molecule has 72 valence electrons. The maximum Gasteiger partial charge on any atom is 0.135 e. The zero-order valence-corrected chi connectivity index (χ0v) is 8.84. The number of anilines is 1. The summed E-state index contributed by atoms with van der Waals surface area (Å²) in [5.74, 6) is 0.601. The number of rotatable bonds is 2. The van der Waals surface area contributed by atoms with Crippen LogP contribution in [0, 0.1) is 0 Å². The number of aryl methyl sites for hydroxylation is 1. The van der Waals surface area contributed by atoms with Gasteiger partial charge in [-0.25, -0.2) is 4.98 Å². The largest absolute Gasteiger partial charge is 0.383 e. The summed E-state index contributed by atoms with van der Waals surface area (Å²) in [5, 5.41) is 2.86. The summed E-state index contributed by atoms with van der Waals surface area (Å²) in [4.78, 5) is 4.23. The molecule has 1 heterocycles. The van der Waals surface area contributed by atoms with Gasteiger partial charge in [0.2, 0.25) is 0 Å². The van der Waals surface area contributed by atoms with E-state index in [-0.39, 0.29) is 0 Å². The number of nitrogen functional groups attached to an aromatic ring is 1. The lowest BCUT2D eigenvalue weighted by Crippen LogP contribution is -1.84. The van der Waals surface area contributed by atoms with E-state index in [0.717, 1.165) is 17.0 Å². The number of aromatic nitrogens is 1. The lowest BCUT2D eigenvalue weighted by molar-refractivity contribution is 1.14. The van der Waals surface area contributed by atoms with E-state index in [1.165, 1.54) is 5.56 Å². The lowest BCUT2D eigenvalue weighted by atomic mass is 10.1. The van der Waals surface area contributed by atoms with Crippen molar-refractivity contribution in [3.63, 3.8) is 0 Å². The fourth-order valence-corrected chi connectivity index (χ4v) is 2.02. The van der Waals surface area contributed by atoms with Gasteiger partial charge in [-0.3, -0.25) is 0 Å². The molecule has 1 aromatic carbocycles. The number of nitrogens with two attached hydrogens (primary N) is 1. The van der Waals surface area contributed by atoms with Crippen LogP contribution >= 0.6 is 11.3 Å². The fraction of sp³-hybridized carbons (Fsp3) is 0.182. The Morgan fingerprint density at radius 2 is 2.00 bits per heavy atom. The van der Waals surface area contributed by atoms with Crippen molar-refractivity contribution in [2.24, 2.45) is 0 Å². The standard InChI is InChI=1S/C11H12N2S/c1-2-8-3-5-9(6-4-8)11-13-10(12)7-14-11/h3-7H,2,12H2,1H3. The Morgan fingerprint density at radius 3 is 2.50 bits per heavy atom. The molecule has 2 rings (SSSR count). The Labute approximate surface area is 87.4 Å². The Hall–Kier alpha value is -1.35. The van der Waals surface area contributed by atoms with E-state index in [0.29, 0.717) is 5.82 Å². The van der Waals surface area contributed by atoms with Gasteiger partial charge in [0.05, 0.1) is 0 Å². The number of nitrogens with zero attached hydrogens (tertiary/aromatic N) is 1. The number of hydrogen-bond donors (Lipinski definition) is 1. The molecular formula is C11H12N2S. The van der Waals surface area contributed by atoms with Crippen molar-refractivity contribution in [2.45, 2.75) is 13.3 Å². The van der Waals surface area contributed by atoms with Gasteiger partial charge < -0.3 is 5.73 Å². The minimum absolute atomic E-state index is 0.601. The number of hydrogen-bond acceptors (Lipinski definition) is 3. The average molecular weight is 204 g/mol. The molecule has 14 heavy (non-hydrogen) atoms. The molecule has 0 radical (unpaired) electrons. The number of thiazole rings is 1. The zero-order chi connectivity index (χ0) is 9.97. The molecule has 2 N–H and O–H groups in total. The molecule has 0 aliphatic heterocycles. The van der Waals surface area contributed by atoms with Crippen molar-refractivity contribution in [1.29, 1.82) is 0 Å². The Kier molecular flexibility index (Phi) is 2.50. The van der Waals surface area contributed by atoms with Gasteiger partial charge in [-0.1, -0.05) is 31.2 Å². The topological polar surface area (TPSA) is 38.9 Å². The van der Waals surface area contributed by atoms with Crippen LogP contribution in [-0.4, -0.2) is 4.98 Å². The van der Waals surface area contributed by atoms with Crippen LogP contribution in [0.25, 0.3) is 10.6 Å². The van der Waals surface area contributed by atoms with Crippen LogP contribution in [0.2, 0.25) is 0 Å². The van der Waals surface area contributed by atoms with Gasteiger partial charge in [0.15, 0.2) is 0 Å². The summed E-state index contributed by atoms with van der Waals surface area (Å²) in [5.41, 5.74) is 8.06. The average Bonchev–Trinajstić information content (AvgIpc) is 2.65. The highest BCUT2D eigenvalue weighted by Gasteiger charge is 2.01. The highest BCUT2D eigenvalue weighted by molar-refractivity contribution is 7.13. The molecule has 0 saturated heterocycles. The van der Waals surface area contributed by atoms with Gasteiger partial charge in [0, 0.05) is 10.9 Å². The fourth-order valence-electron chi connectivity index (χ4n) is 1.30. The second kappa shape index (κ2) is 3.80. The molecule has 0 fully saturated rings. The first-order valence-electron chi connectivity index (χ1n) is 4.60. The lowest BCUT2D eigenvalue weighted by Gasteiger charge is -1.98. The van der Waals surface area contributed by atoms with Crippen molar-refractivity contribution in [1.82, 2.24) is 4.98 Å². The third-order valence-corrected chi connectivity index (χ3v) is 3.04. The van der Waals surface area contributed by atoms with Crippen LogP contribution in [0.4, 0.5) is 5.82 Å². The molecule has 0 spiro atoms. The zero-order valence-electron chi connectivity index (χ0n) is 8.03. The van der Waals surface area contributed by atoms with Crippen LogP contribution < -0.4 is 5.73 Å². The van der Waals surface area contributed by atoms with E-state index in [2.05, 4.69) is 36.2 Å². The van der Waals surface area contributed by atoms with E-state index in [4.69, 9.17) is 5.73 Å². The second-order valence-corrected chi connectivity index (χ2v) is 3.99. The van der Waals surface area contributed by atoms with Gasteiger partial charge >= 0.3 is 0 Å². The predicted molar refractivity (Wildman–Crippen MR) is 61.3 cm³/mol. The van der Waals surface area contributed by atoms with Crippen molar-refractivity contribution in [3.8, 4) is 10.6 Å². The SMILES string of the molecule is CCc1ccc(-c2nc(N)cs2)cc1. The van der Waals surface area contributed by atoms with Crippen molar-refractivity contribution >= 4 is 17.2 Å². The molecule has 3 heteroatoms. The molecule has 2 nitrogen and oxygen atoms in total. The molecule has 0 saturated carbocycles. The van der Waals surface area contributed by atoms with Gasteiger partial charge in [-0.05, 0) is 12.0 Å². The van der Waals surface area contributed by atoms with E-state index < -0.39 is 0 Å². The minimum atomic E-state index is 0.601. The van der Waals surface area contributed by atoms with Gasteiger partial charge in [-0.2, -0.15) is 0 Å². The molecule has 0 unspecified atom stereocenters. The monoisotopic (exact) mass is 204 g/mol. The summed E-state index contributed by atoms with van der Waals surface area (Å²) < 4.78 is 0. The maximum absolute atomic E-state index is 5.57. The molecule has 0 bridgehead atoms. The molecule has 0 aliphatic rings. The first-order chi connectivity index (χ1) is 6.79. The van der Waals surface area contributed by atoms with Crippen molar-refractivity contribution in [2.75, 3.05) is 5.73 Å². The van der Waals surface area contributed by atoms with Crippen LogP contribution in [-0.2, 0) is 6.42 Å². The van der Waals surface area contributed by atoms with Gasteiger partial charge in [0.25, 0.3) is 0 Å². The second-order valence-electron chi connectivity index (χ2n) is 3.13. The Balaban J connectivity index is 2.33. The normalized spacial score (nSPS) is 10.4. The van der Waals surface area contributed by atoms with Crippen LogP contribution in [0.1, 0.15) is 12.5 Å². The summed E-state index contributed by atoms with van der Waals surface area (Å²) in [7, 11) is 0. The van der Waals surface area contributed by atoms with E-state index in [1.54, 1.807) is 11.3 Å². The van der Waals surface area contributed by atoms with E-state index in [1.807, 2.05) is 5.38 Å². The predicted octanol–water partition coefficient (Wildman–Crippen LogP) is 2.95. The van der Waals surface area contributed by atoms with E-state index >= 15 is 0 Å². The Morgan fingerprint density at radius 1 is 1.29 bits per heavy atom. The smallest absolute Gasteiger partial charge is 0.135 e. The summed E-state index contributed by atoms with van der Waals surface area (Å²) in [6.07, 6.45) is 1.07. The first kappa shape index (κ1) is 9.21. The highest BCUT2D eigenvalue weighted by atomic mass is 32.1. The third-order valence-electron chi connectivity index (χ3n) is 2.13. The first-order valence-corrected chi connectivity index (χ1v) is 5.48. The minimum Gasteiger partial charge on any atom is -0.383 e. The molecular weight excluding hydrogens is 192 g/mol. The maximum atomic E-state index is 5.57. The molecule has 0 aliphatic carbocycles. The highest BCUT2D eigenvalue weighted by Crippen LogP contribution is 2.24. The number of benzene rings is 1. The quantitative estimate of drug-likeness (QED) is 0.816. The molecule has 0 amide bonds. The molecule has 0 atom stereocenters. The van der Waals surface area contributed by atoms with Gasteiger partial charge in [-0.15, -0.1) is 11.3 Å². The molecule has 1 aromatic heterocycles. The van der Waals surface area contributed by atoms with Gasteiger partial charge in [0.1, 0.15) is 10.8 Å². The van der Waals surface area contributed by atoms with Crippen molar-refractivity contribution in [3.05, 3.63) is 35.2 Å². The molecule has 2 aromatic rings.